The number of amides is 8. The van der Waals surface area contributed by atoms with Gasteiger partial charge in [-0.2, -0.15) is 5.26 Å². The van der Waals surface area contributed by atoms with Crippen LogP contribution in [-0.4, -0.2) is 109 Å². The van der Waals surface area contributed by atoms with Crippen LogP contribution in [0, 0.1) is 11.3 Å². The quantitative estimate of drug-likeness (QED) is 0.138. The molecule has 1 aromatic rings. The van der Waals surface area contributed by atoms with Gasteiger partial charge in [0.1, 0.15) is 18.1 Å². The van der Waals surface area contributed by atoms with Crippen molar-refractivity contribution in [1.29, 1.82) is 5.26 Å². The summed E-state index contributed by atoms with van der Waals surface area (Å²) in [7, 11) is 0. The first-order valence-corrected chi connectivity index (χ1v) is 15.2. The Bertz CT molecular complexity index is 1460. The average molecular weight is 686 g/mol. The maximum absolute atomic E-state index is 13.1. The van der Waals surface area contributed by atoms with Gasteiger partial charge < -0.3 is 47.6 Å². The number of nitrogens with one attached hydrogen (secondary N) is 8. The second kappa shape index (κ2) is 20.2. The third kappa shape index (κ3) is 15.4. The third-order valence-corrected chi connectivity index (χ3v) is 6.90. The molecule has 0 aliphatic carbocycles. The van der Waals surface area contributed by atoms with Crippen LogP contribution in [0.5, 0.6) is 0 Å². The van der Waals surface area contributed by atoms with E-state index in [1.54, 1.807) is 12.1 Å². The molecule has 0 bridgehead atoms. The van der Waals surface area contributed by atoms with Crippen molar-refractivity contribution in [2.45, 2.75) is 57.2 Å². The molecule has 2 rings (SSSR count). The van der Waals surface area contributed by atoms with Crippen molar-refractivity contribution in [3.05, 3.63) is 35.4 Å². The fourth-order valence-corrected chi connectivity index (χ4v) is 4.35. The molecule has 1 aliphatic rings. The molecule has 1 fully saturated rings. The first kappa shape index (κ1) is 39.1. The number of hydrogen-bond donors (Lipinski definition) is 9. The Labute approximate surface area is 280 Å². The van der Waals surface area contributed by atoms with E-state index in [4.69, 9.17) is 5.26 Å². The van der Waals surface area contributed by atoms with Gasteiger partial charge in [-0.25, -0.2) is 4.79 Å². The van der Waals surface area contributed by atoms with Crippen molar-refractivity contribution < 1.29 is 48.3 Å². The van der Waals surface area contributed by atoms with Gasteiger partial charge in [-0.3, -0.25) is 38.4 Å². The molecule has 19 heteroatoms. The second-order valence-corrected chi connectivity index (χ2v) is 10.9. The van der Waals surface area contributed by atoms with E-state index in [9.17, 15) is 48.3 Å². The molecule has 1 aromatic carbocycles. The minimum absolute atomic E-state index is 0.0183. The maximum Gasteiger partial charge on any atom is 0.326 e. The molecule has 19 nitrogen and oxygen atoms in total. The van der Waals surface area contributed by atoms with Gasteiger partial charge in [0.15, 0.2) is 0 Å². The van der Waals surface area contributed by atoms with Gasteiger partial charge in [-0.05, 0) is 37.0 Å². The molecule has 1 aliphatic heterocycles. The predicted molar refractivity (Wildman–Crippen MR) is 167 cm³/mol. The summed E-state index contributed by atoms with van der Waals surface area (Å²) in [6, 6.07) is 4.16. The van der Waals surface area contributed by atoms with E-state index in [0.29, 0.717) is 11.1 Å². The van der Waals surface area contributed by atoms with Crippen LogP contribution in [0.25, 0.3) is 0 Å². The fraction of sp³-hybridized carbons (Fsp3) is 0.467. The molecule has 49 heavy (non-hydrogen) atoms. The highest BCUT2D eigenvalue weighted by Crippen LogP contribution is 2.07. The molecule has 0 radical (unpaired) electrons. The normalized spacial score (nSPS) is 20.8. The number of carboxylic acid groups (broad SMARTS) is 1. The van der Waals surface area contributed by atoms with Gasteiger partial charge in [-0.1, -0.05) is 12.1 Å². The highest BCUT2D eigenvalue weighted by atomic mass is 16.4. The molecule has 9 N–H and O–H groups in total. The topological polar surface area (TPSA) is 294 Å². The minimum atomic E-state index is -1.34. The highest BCUT2D eigenvalue weighted by molar-refractivity contribution is 5.95. The van der Waals surface area contributed by atoms with E-state index in [0.717, 1.165) is 0 Å². The number of benzene rings is 1. The van der Waals surface area contributed by atoms with Crippen molar-refractivity contribution in [3.63, 3.8) is 0 Å². The number of carboxylic acids is 1. The molecule has 1 saturated heterocycles. The van der Waals surface area contributed by atoms with Crippen LogP contribution in [-0.2, 0) is 49.6 Å². The number of nitriles is 1. The lowest BCUT2D eigenvalue weighted by Gasteiger charge is -2.20. The largest absolute Gasteiger partial charge is 0.480 e. The number of carbonyl (C=O) groups excluding carboxylic acids is 8. The molecule has 0 spiro atoms. The lowest BCUT2D eigenvalue weighted by molar-refractivity contribution is -0.142. The summed E-state index contributed by atoms with van der Waals surface area (Å²) in [5.41, 5.74) is 0.889. The molecule has 8 amide bonds. The Morgan fingerprint density at radius 2 is 1.47 bits per heavy atom. The number of carbonyl (C=O) groups is 9. The van der Waals surface area contributed by atoms with Crippen LogP contribution < -0.4 is 42.5 Å². The van der Waals surface area contributed by atoms with Gasteiger partial charge in [0.25, 0.3) is 0 Å². The van der Waals surface area contributed by atoms with Crippen molar-refractivity contribution in [1.82, 2.24) is 42.5 Å². The molecule has 3 atom stereocenters. The average Bonchev–Trinajstić information content (AvgIpc) is 3.06. The Morgan fingerprint density at radius 3 is 2.12 bits per heavy atom. The summed E-state index contributed by atoms with van der Waals surface area (Å²) >= 11 is 0. The van der Waals surface area contributed by atoms with Gasteiger partial charge in [0.05, 0.1) is 37.8 Å². The number of aliphatic carboxylic acids is 1. The Kier molecular flexibility index (Phi) is 16.2. The van der Waals surface area contributed by atoms with E-state index < -0.39 is 97.5 Å². The maximum atomic E-state index is 13.1. The number of hydrogen-bond acceptors (Lipinski definition) is 10. The van der Waals surface area contributed by atoms with Crippen molar-refractivity contribution in [2.75, 3.05) is 32.7 Å². The van der Waals surface area contributed by atoms with Crippen LogP contribution in [0.1, 0.15) is 43.7 Å². The Balaban J connectivity index is 2.26. The molecule has 3 unspecified atom stereocenters. The zero-order chi connectivity index (χ0) is 36.3. The summed E-state index contributed by atoms with van der Waals surface area (Å²) in [6.45, 7) is -1.11. The van der Waals surface area contributed by atoms with E-state index in [1.165, 1.54) is 19.1 Å². The van der Waals surface area contributed by atoms with Gasteiger partial charge in [0, 0.05) is 26.3 Å². The predicted octanol–water partition coefficient (Wildman–Crippen LogP) is -4.19. The summed E-state index contributed by atoms with van der Waals surface area (Å²) in [5, 5.41) is 37.4. The fourth-order valence-electron chi connectivity index (χ4n) is 4.35. The summed E-state index contributed by atoms with van der Waals surface area (Å²) in [4.78, 5) is 111. The minimum Gasteiger partial charge on any atom is -0.480 e. The highest BCUT2D eigenvalue weighted by Gasteiger charge is 2.26. The summed E-state index contributed by atoms with van der Waals surface area (Å²) in [6.07, 6.45) is -0.510. The first-order chi connectivity index (χ1) is 23.3. The lowest BCUT2D eigenvalue weighted by Crippen LogP contribution is -2.54. The molecule has 1 heterocycles. The van der Waals surface area contributed by atoms with E-state index in [-0.39, 0.29) is 38.6 Å². The number of rotatable bonds is 6. The summed E-state index contributed by atoms with van der Waals surface area (Å²) < 4.78 is 0. The Hall–Kier alpha value is -6.06. The van der Waals surface area contributed by atoms with E-state index >= 15 is 0 Å². The first-order valence-electron chi connectivity index (χ1n) is 15.2. The molecular weight excluding hydrogens is 646 g/mol. The molecule has 0 saturated carbocycles. The lowest BCUT2D eigenvalue weighted by atomic mass is 10.0. The smallest absolute Gasteiger partial charge is 0.326 e. The van der Waals surface area contributed by atoms with Gasteiger partial charge in [-0.15, -0.1) is 0 Å². The van der Waals surface area contributed by atoms with Crippen LogP contribution in [0.4, 0.5) is 0 Å². The van der Waals surface area contributed by atoms with Gasteiger partial charge in [0.2, 0.25) is 47.3 Å². The molecular formula is C30H39N9O10. The second-order valence-electron chi connectivity index (χ2n) is 10.9. The molecule has 264 valence electrons. The zero-order valence-corrected chi connectivity index (χ0v) is 26.7. The van der Waals surface area contributed by atoms with Crippen molar-refractivity contribution >= 4 is 53.2 Å². The SMILES string of the molecule is CC(=O)NCC(=O)NC1CCC(=O)NCCCC(C(=O)O)NC(=O)CNC(=O)CNC(=O)C(Cc2ccc(C#N)cc2)NC(=O)CNC1=O. The zero-order valence-electron chi connectivity index (χ0n) is 26.7. The summed E-state index contributed by atoms with van der Waals surface area (Å²) in [5.74, 6) is -7.22. The van der Waals surface area contributed by atoms with Crippen LogP contribution in [0.15, 0.2) is 24.3 Å². The number of nitrogens with zero attached hydrogens (tertiary/aromatic N) is 1. The third-order valence-electron chi connectivity index (χ3n) is 6.90. The standard InChI is InChI=1S/C30H39N9O10/c1-17(40)33-14-25(43)37-20-8-9-23(41)32-10-2-3-21(30(48)49)38-26(44)15-34-24(42)13-35-29(47)22(39-27(45)16-36-28(20)46)11-18-4-6-19(12-31)7-5-18/h4-7,20-22H,2-3,8-11,13-16H2,1H3,(H,32,41)(H,33,40)(H,34,42)(H,35,47)(H,36,46)(H,37,43)(H,38,44)(H,39,45)(H,48,49). The van der Waals surface area contributed by atoms with Crippen molar-refractivity contribution in [3.8, 4) is 6.07 Å². The van der Waals surface area contributed by atoms with Crippen molar-refractivity contribution in [2.24, 2.45) is 0 Å². The Morgan fingerprint density at radius 1 is 0.837 bits per heavy atom. The van der Waals surface area contributed by atoms with E-state index in [1.807, 2.05) is 6.07 Å². The van der Waals surface area contributed by atoms with Crippen LogP contribution >= 0.6 is 0 Å². The van der Waals surface area contributed by atoms with Gasteiger partial charge >= 0.3 is 5.97 Å². The van der Waals surface area contributed by atoms with E-state index in [2.05, 4.69) is 42.5 Å². The van der Waals surface area contributed by atoms with Crippen LogP contribution in [0.2, 0.25) is 0 Å². The monoisotopic (exact) mass is 685 g/mol. The van der Waals surface area contributed by atoms with Crippen LogP contribution in [0.3, 0.4) is 0 Å². The molecule has 0 aromatic heterocycles.